The van der Waals surface area contributed by atoms with Gasteiger partial charge in [0, 0.05) is 19.5 Å². The molecular formula is C20H27N3O2. The van der Waals surface area contributed by atoms with Crippen LogP contribution in [0.25, 0.3) is 0 Å². The zero-order chi connectivity index (χ0) is 17.9. The average Bonchev–Trinajstić information content (AvgIpc) is 2.61. The van der Waals surface area contributed by atoms with E-state index >= 15 is 0 Å². The molecule has 0 bridgehead atoms. The van der Waals surface area contributed by atoms with Crippen LogP contribution in [0.4, 0.5) is 5.69 Å². The quantitative estimate of drug-likeness (QED) is 0.651. The van der Waals surface area contributed by atoms with Crippen LogP contribution in [0, 0.1) is 0 Å². The van der Waals surface area contributed by atoms with Crippen LogP contribution in [0.15, 0.2) is 54.6 Å². The molecule has 0 atom stereocenters. The molecule has 0 radical (unpaired) electrons. The van der Waals surface area contributed by atoms with Gasteiger partial charge in [-0.3, -0.25) is 4.79 Å². The van der Waals surface area contributed by atoms with E-state index in [1.165, 1.54) is 0 Å². The number of rotatable bonds is 10. The number of benzene rings is 2. The van der Waals surface area contributed by atoms with Gasteiger partial charge >= 0.3 is 0 Å². The summed E-state index contributed by atoms with van der Waals surface area (Å²) >= 11 is 0. The van der Waals surface area contributed by atoms with E-state index < -0.39 is 0 Å². The summed E-state index contributed by atoms with van der Waals surface area (Å²) in [5.74, 6) is 1.60. The maximum atomic E-state index is 11.9. The predicted octanol–water partition coefficient (Wildman–Crippen LogP) is 3.35. The second-order valence-corrected chi connectivity index (χ2v) is 6.09. The van der Waals surface area contributed by atoms with E-state index in [1.807, 2.05) is 68.7 Å². The summed E-state index contributed by atoms with van der Waals surface area (Å²) in [5, 5.41) is 6.22. The first kappa shape index (κ1) is 18.8. The summed E-state index contributed by atoms with van der Waals surface area (Å²) in [6.45, 7) is 2.25. The van der Waals surface area contributed by atoms with Crippen molar-refractivity contribution < 1.29 is 9.53 Å². The highest BCUT2D eigenvalue weighted by Crippen LogP contribution is 2.28. The Bertz CT molecular complexity index is 644. The first-order valence-electron chi connectivity index (χ1n) is 8.62. The Kier molecular flexibility index (Phi) is 7.79. The molecule has 0 unspecified atom stereocenters. The van der Waals surface area contributed by atoms with Gasteiger partial charge in [0.15, 0.2) is 5.75 Å². The molecule has 0 saturated carbocycles. The van der Waals surface area contributed by atoms with Gasteiger partial charge in [0.1, 0.15) is 5.75 Å². The van der Waals surface area contributed by atoms with Gasteiger partial charge in [-0.25, -0.2) is 0 Å². The van der Waals surface area contributed by atoms with E-state index in [0.717, 1.165) is 30.2 Å². The van der Waals surface area contributed by atoms with Crippen molar-refractivity contribution in [3.05, 3.63) is 54.6 Å². The third-order valence-corrected chi connectivity index (χ3v) is 3.63. The van der Waals surface area contributed by atoms with Crippen LogP contribution in [0.2, 0.25) is 0 Å². The van der Waals surface area contributed by atoms with Crippen molar-refractivity contribution in [2.75, 3.05) is 39.0 Å². The lowest BCUT2D eigenvalue weighted by molar-refractivity contribution is -0.120. The first-order chi connectivity index (χ1) is 12.1. The van der Waals surface area contributed by atoms with Gasteiger partial charge in [-0.2, -0.15) is 0 Å². The topological polar surface area (TPSA) is 53.6 Å². The molecule has 0 saturated heterocycles. The van der Waals surface area contributed by atoms with E-state index in [1.54, 1.807) is 0 Å². The summed E-state index contributed by atoms with van der Waals surface area (Å²) in [5.41, 5.74) is 0.881. The number of anilines is 1. The number of nitrogens with one attached hydrogen (secondary N) is 2. The van der Waals surface area contributed by atoms with Crippen LogP contribution < -0.4 is 15.4 Å². The lowest BCUT2D eigenvalue weighted by atomic mass is 10.2. The Hall–Kier alpha value is -2.53. The van der Waals surface area contributed by atoms with Gasteiger partial charge in [-0.1, -0.05) is 30.3 Å². The summed E-state index contributed by atoms with van der Waals surface area (Å²) in [7, 11) is 4.06. The molecule has 2 aromatic carbocycles. The molecule has 0 aromatic heterocycles. The van der Waals surface area contributed by atoms with Crippen LogP contribution in [0.5, 0.6) is 11.5 Å². The number of ether oxygens (including phenoxy) is 1. The molecule has 5 heteroatoms. The fourth-order valence-corrected chi connectivity index (χ4v) is 2.34. The van der Waals surface area contributed by atoms with Crippen LogP contribution >= 0.6 is 0 Å². The molecule has 0 heterocycles. The summed E-state index contributed by atoms with van der Waals surface area (Å²) < 4.78 is 5.90. The van der Waals surface area contributed by atoms with Crippen molar-refractivity contribution in [1.29, 1.82) is 0 Å². The van der Waals surface area contributed by atoms with Crippen molar-refractivity contribution in [3.63, 3.8) is 0 Å². The Labute approximate surface area is 150 Å². The highest BCUT2D eigenvalue weighted by molar-refractivity contribution is 5.76. The highest BCUT2D eigenvalue weighted by atomic mass is 16.5. The minimum absolute atomic E-state index is 0.0627. The molecule has 0 aliphatic rings. The van der Waals surface area contributed by atoms with Gasteiger partial charge in [0.2, 0.25) is 5.91 Å². The molecule has 0 aliphatic carbocycles. The second-order valence-electron chi connectivity index (χ2n) is 6.09. The summed E-state index contributed by atoms with van der Waals surface area (Å²) in [6.07, 6.45) is 1.39. The van der Waals surface area contributed by atoms with E-state index in [0.29, 0.717) is 19.5 Å². The minimum atomic E-state index is 0.0627. The van der Waals surface area contributed by atoms with Crippen LogP contribution in [-0.4, -0.2) is 44.5 Å². The minimum Gasteiger partial charge on any atom is -0.455 e. The number of hydrogen-bond donors (Lipinski definition) is 2. The monoisotopic (exact) mass is 341 g/mol. The molecule has 134 valence electrons. The molecule has 0 fully saturated rings. The van der Waals surface area contributed by atoms with Gasteiger partial charge in [0.05, 0.1) is 5.69 Å². The van der Waals surface area contributed by atoms with Crippen LogP contribution in [0.3, 0.4) is 0 Å². The van der Waals surface area contributed by atoms with Crippen molar-refractivity contribution in [2.24, 2.45) is 0 Å². The Morgan fingerprint density at radius 2 is 1.72 bits per heavy atom. The Morgan fingerprint density at radius 3 is 2.48 bits per heavy atom. The SMILES string of the molecule is CN(C)CCCNC(=O)CCNc1ccccc1Oc1ccccc1. The molecule has 2 rings (SSSR count). The summed E-state index contributed by atoms with van der Waals surface area (Å²) in [4.78, 5) is 14.0. The predicted molar refractivity (Wildman–Crippen MR) is 102 cm³/mol. The number of hydrogen-bond acceptors (Lipinski definition) is 4. The number of carbonyl (C=O) groups is 1. The van der Waals surface area contributed by atoms with Gasteiger partial charge in [-0.15, -0.1) is 0 Å². The molecule has 25 heavy (non-hydrogen) atoms. The normalized spacial score (nSPS) is 10.5. The first-order valence-corrected chi connectivity index (χ1v) is 8.62. The molecule has 1 amide bonds. The average molecular weight is 341 g/mol. The fraction of sp³-hybridized carbons (Fsp3) is 0.350. The largest absolute Gasteiger partial charge is 0.455 e. The Morgan fingerprint density at radius 1 is 1.00 bits per heavy atom. The number of carbonyl (C=O) groups excluding carboxylic acids is 1. The maximum absolute atomic E-state index is 11.9. The third kappa shape index (κ3) is 7.27. The van der Waals surface area contributed by atoms with Crippen LogP contribution in [-0.2, 0) is 4.79 Å². The zero-order valence-electron chi connectivity index (χ0n) is 15.0. The maximum Gasteiger partial charge on any atom is 0.221 e. The van der Waals surface area contributed by atoms with Gasteiger partial charge in [0.25, 0.3) is 0 Å². The van der Waals surface area contributed by atoms with Crippen molar-refractivity contribution in [1.82, 2.24) is 10.2 Å². The van der Waals surface area contributed by atoms with Crippen LogP contribution in [0.1, 0.15) is 12.8 Å². The second kappa shape index (κ2) is 10.4. The van der Waals surface area contributed by atoms with E-state index in [2.05, 4.69) is 15.5 Å². The molecule has 0 spiro atoms. The number of para-hydroxylation sites is 3. The molecule has 2 N–H and O–H groups in total. The van der Waals surface area contributed by atoms with Crippen molar-refractivity contribution in [3.8, 4) is 11.5 Å². The molecule has 0 aliphatic heterocycles. The van der Waals surface area contributed by atoms with E-state index in [-0.39, 0.29) is 5.91 Å². The summed E-state index contributed by atoms with van der Waals surface area (Å²) in [6, 6.07) is 17.4. The Balaban J connectivity index is 1.76. The van der Waals surface area contributed by atoms with E-state index in [9.17, 15) is 4.79 Å². The fourth-order valence-electron chi connectivity index (χ4n) is 2.34. The lowest BCUT2D eigenvalue weighted by Gasteiger charge is -2.13. The molecular weight excluding hydrogens is 314 g/mol. The molecule has 5 nitrogen and oxygen atoms in total. The van der Waals surface area contributed by atoms with Crippen molar-refractivity contribution in [2.45, 2.75) is 12.8 Å². The highest BCUT2D eigenvalue weighted by Gasteiger charge is 2.05. The smallest absolute Gasteiger partial charge is 0.221 e. The zero-order valence-corrected chi connectivity index (χ0v) is 15.0. The third-order valence-electron chi connectivity index (χ3n) is 3.63. The van der Waals surface area contributed by atoms with Crippen molar-refractivity contribution >= 4 is 11.6 Å². The number of amides is 1. The van der Waals surface area contributed by atoms with Gasteiger partial charge in [-0.05, 0) is 51.3 Å². The standard InChI is InChI=1S/C20H27N3O2/c1-23(2)16-8-14-22-20(24)13-15-21-18-11-6-7-12-19(18)25-17-9-4-3-5-10-17/h3-7,9-12,21H,8,13-16H2,1-2H3,(H,22,24). The lowest BCUT2D eigenvalue weighted by Crippen LogP contribution is -2.28. The number of nitrogens with zero attached hydrogens (tertiary/aromatic N) is 1. The molecule has 2 aromatic rings. The van der Waals surface area contributed by atoms with Gasteiger partial charge < -0.3 is 20.3 Å². The van der Waals surface area contributed by atoms with E-state index in [4.69, 9.17) is 4.74 Å².